The minimum absolute atomic E-state index is 0. The van der Waals surface area contributed by atoms with Gasteiger partial charge in [0.05, 0.1) is 34.6 Å². The van der Waals surface area contributed by atoms with Crippen molar-refractivity contribution in [3.63, 3.8) is 0 Å². The molecule has 6 aromatic rings. The molecule has 0 aliphatic heterocycles. The molecule has 272 valence electrons. The van der Waals surface area contributed by atoms with Crippen molar-refractivity contribution in [2.75, 3.05) is 0 Å². The van der Waals surface area contributed by atoms with Crippen molar-refractivity contribution in [1.82, 2.24) is 0 Å². The van der Waals surface area contributed by atoms with E-state index in [4.69, 9.17) is 14.2 Å². The Labute approximate surface area is 333 Å². The van der Waals surface area contributed by atoms with Crippen molar-refractivity contribution in [2.24, 2.45) is 0 Å². The summed E-state index contributed by atoms with van der Waals surface area (Å²) in [6.07, 6.45) is 0. The monoisotopic (exact) mass is 932 g/mol. The van der Waals surface area contributed by atoms with Gasteiger partial charge in [0.1, 0.15) is 17.2 Å². The van der Waals surface area contributed by atoms with E-state index in [1.165, 1.54) is 54.6 Å². The van der Waals surface area contributed by atoms with Crippen molar-refractivity contribution in [3.8, 4) is 17.2 Å². The molecule has 0 fully saturated rings. The normalized spacial score (nSPS) is 9.60. The SMILES string of the molecule is O=C([O-])c1ccccc1C(=O)Oc1ccccc1.O=C([O-])c1ccccc1C(=O)Oc1ccccc1.O=C([O-])c1ccccc1C(=O)Oc1ccccc1.[Bi+3]. The van der Waals surface area contributed by atoms with Crippen LogP contribution in [0.5, 0.6) is 17.2 Å². The van der Waals surface area contributed by atoms with Gasteiger partial charge in [0, 0.05) is 16.7 Å². The number of aromatic carboxylic acids is 3. The van der Waals surface area contributed by atoms with Gasteiger partial charge >= 0.3 is 44.1 Å². The Morgan fingerprint density at radius 3 is 0.673 bits per heavy atom. The number of carbonyl (C=O) groups excluding carboxylic acids is 6. The zero-order chi connectivity index (χ0) is 38.9. The van der Waals surface area contributed by atoms with Gasteiger partial charge in [-0.25, -0.2) is 14.4 Å². The summed E-state index contributed by atoms with van der Waals surface area (Å²) < 4.78 is 15.2. The molecule has 6 aromatic carbocycles. The molecule has 0 aromatic heterocycles. The van der Waals surface area contributed by atoms with E-state index in [9.17, 15) is 44.1 Å². The zero-order valence-electron chi connectivity index (χ0n) is 28.4. The van der Waals surface area contributed by atoms with Crippen LogP contribution in [0.25, 0.3) is 0 Å². The van der Waals surface area contributed by atoms with Crippen molar-refractivity contribution in [3.05, 3.63) is 197 Å². The number of hydrogen-bond acceptors (Lipinski definition) is 12. The minimum atomic E-state index is -1.41. The number of carboxylic acid groups (broad SMARTS) is 3. The van der Waals surface area contributed by atoms with Gasteiger partial charge in [0.15, 0.2) is 0 Å². The molecule has 0 aliphatic carbocycles. The van der Waals surface area contributed by atoms with Gasteiger partial charge in [-0.3, -0.25) is 0 Å². The quantitative estimate of drug-likeness (QED) is 0.117. The molecule has 12 nitrogen and oxygen atoms in total. The van der Waals surface area contributed by atoms with E-state index in [1.54, 1.807) is 109 Å². The molecule has 0 saturated heterocycles. The number of benzene rings is 6. The standard InChI is InChI=1S/3C14H10O4.Bi/c3*15-13(16)11-8-4-5-9-12(11)14(17)18-10-6-2-1-3-7-10;/h3*1-9H,(H,15,16);/q;;;+3/p-3. The number of carboxylic acids is 3. The fourth-order valence-corrected chi connectivity index (χ4v) is 4.47. The van der Waals surface area contributed by atoms with E-state index in [0.717, 1.165) is 0 Å². The third-order valence-corrected chi connectivity index (χ3v) is 6.96. The fraction of sp³-hybridized carbons (Fsp3) is 0. The minimum Gasteiger partial charge on any atom is -0.545 e. The average molecular weight is 933 g/mol. The van der Waals surface area contributed by atoms with Gasteiger partial charge in [-0.2, -0.15) is 0 Å². The van der Waals surface area contributed by atoms with Crippen LogP contribution in [0.3, 0.4) is 0 Å². The maximum Gasteiger partial charge on any atom is 3.00 e. The molecule has 13 heteroatoms. The Morgan fingerprint density at radius 1 is 0.291 bits per heavy atom. The number of ether oxygens (including phenoxy) is 3. The zero-order valence-corrected chi connectivity index (χ0v) is 31.9. The summed E-state index contributed by atoms with van der Waals surface area (Å²) in [6.45, 7) is 0. The summed E-state index contributed by atoms with van der Waals surface area (Å²) in [7, 11) is 0. The van der Waals surface area contributed by atoms with E-state index in [2.05, 4.69) is 0 Å². The Kier molecular flexibility index (Phi) is 16.6. The van der Waals surface area contributed by atoms with Crippen LogP contribution >= 0.6 is 0 Å². The van der Waals surface area contributed by atoms with E-state index in [-0.39, 0.29) is 59.6 Å². The summed E-state index contributed by atoms with van der Waals surface area (Å²) in [5, 5.41) is 32.6. The molecule has 0 spiro atoms. The van der Waals surface area contributed by atoms with Crippen LogP contribution in [0.1, 0.15) is 62.1 Å². The summed E-state index contributed by atoms with van der Waals surface area (Å²) in [5.41, 5.74) is -0.626. The summed E-state index contributed by atoms with van der Waals surface area (Å²) in [5.74, 6) is -5.31. The number of carbonyl (C=O) groups is 6. The maximum atomic E-state index is 11.8. The Morgan fingerprint density at radius 2 is 0.473 bits per heavy atom. The molecule has 55 heavy (non-hydrogen) atoms. The summed E-state index contributed by atoms with van der Waals surface area (Å²) in [4.78, 5) is 68.1. The fourth-order valence-electron chi connectivity index (χ4n) is 4.47. The van der Waals surface area contributed by atoms with Gasteiger partial charge in [0.25, 0.3) is 0 Å². The van der Waals surface area contributed by atoms with Gasteiger partial charge < -0.3 is 43.9 Å². The van der Waals surface area contributed by atoms with E-state index >= 15 is 0 Å². The average Bonchev–Trinajstić information content (AvgIpc) is 3.19. The second-order valence-corrected chi connectivity index (χ2v) is 10.6. The number of esters is 3. The molecule has 0 amide bonds. The molecular formula is C42H27BiO12. The van der Waals surface area contributed by atoms with Crippen LogP contribution in [0.15, 0.2) is 164 Å². The van der Waals surface area contributed by atoms with Crippen LogP contribution in [0, 0.1) is 0 Å². The van der Waals surface area contributed by atoms with Crippen LogP contribution in [-0.2, 0) is 0 Å². The third kappa shape index (κ3) is 12.9. The maximum absolute atomic E-state index is 11.8. The van der Waals surface area contributed by atoms with Crippen molar-refractivity contribution in [1.29, 1.82) is 0 Å². The number of rotatable bonds is 9. The van der Waals surface area contributed by atoms with E-state index < -0.39 is 35.8 Å². The van der Waals surface area contributed by atoms with Gasteiger partial charge in [-0.1, -0.05) is 109 Å². The summed E-state index contributed by atoms with van der Waals surface area (Å²) in [6, 6.07) is 42.6. The molecule has 0 saturated carbocycles. The molecule has 0 aliphatic rings. The smallest absolute Gasteiger partial charge is 0.545 e. The Balaban J connectivity index is 0.000000220. The third-order valence-electron chi connectivity index (χ3n) is 6.96. The molecule has 0 bridgehead atoms. The number of para-hydroxylation sites is 3. The first-order valence-electron chi connectivity index (χ1n) is 15.8. The van der Waals surface area contributed by atoms with E-state index in [0.29, 0.717) is 17.2 Å². The molecule has 0 unspecified atom stereocenters. The molecule has 2 radical (unpaired) electrons. The van der Waals surface area contributed by atoms with E-state index in [1.807, 2.05) is 0 Å². The topological polar surface area (TPSA) is 199 Å². The van der Waals surface area contributed by atoms with Gasteiger partial charge in [-0.15, -0.1) is 0 Å². The van der Waals surface area contributed by atoms with Crippen molar-refractivity contribution < 1.29 is 58.3 Å². The van der Waals surface area contributed by atoms with Crippen LogP contribution in [0.2, 0.25) is 0 Å². The number of hydrogen-bond donors (Lipinski definition) is 0. The first kappa shape index (κ1) is 42.4. The van der Waals surface area contributed by atoms with Gasteiger partial charge in [-0.05, 0) is 54.6 Å². The predicted molar refractivity (Wildman–Crippen MR) is 192 cm³/mol. The summed E-state index contributed by atoms with van der Waals surface area (Å²) >= 11 is 0. The van der Waals surface area contributed by atoms with Crippen molar-refractivity contribution in [2.45, 2.75) is 0 Å². The molecule has 6 rings (SSSR count). The van der Waals surface area contributed by atoms with Crippen LogP contribution in [-0.4, -0.2) is 62.0 Å². The predicted octanol–water partition coefficient (Wildman–Crippen LogP) is 3.43. The second-order valence-electron chi connectivity index (χ2n) is 10.6. The molecule has 0 heterocycles. The van der Waals surface area contributed by atoms with Gasteiger partial charge in [0.2, 0.25) is 0 Å². The molecular weight excluding hydrogens is 905 g/mol. The largest absolute Gasteiger partial charge is 3.00 e. The second kappa shape index (κ2) is 21.5. The molecule has 0 atom stereocenters. The first-order valence-corrected chi connectivity index (χ1v) is 15.8. The molecule has 0 N–H and O–H groups in total. The van der Waals surface area contributed by atoms with Crippen LogP contribution < -0.4 is 29.5 Å². The Bertz CT molecular complexity index is 1990. The Hall–Kier alpha value is -6.98. The first-order chi connectivity index (χ1) is 26.0. The van der Waals surface area contributed by atoms with Crippen molar-refractivity contribution >= 4 is 62.0 Å². The van der Waals surface area contributed by atoms with Crippen LogP contribution in [0.4, 0.5) is 0 Å².